The first-order valence-electron chi connectivity index (χ1n) is 5.48. The molecule has 0 aliphatic rings. The van der Waals surface area contributed by atoms with Crippen LogP contribution in [-0.4, -0.2) is 42.3 Å². The topological polar surface area (TPSA) is 49.8 Å². The molecule has 0 aliphatic heterocycles. The van der Waals surface area contributed by atoms with Gasteiger partial charge in [-0.25, -0.2) is 0 Å². The fraction of sp³-hybridized carbons (Fsp3) is 0.462. The highest BCUT2D eigenvalue weighted by atomic mass is 16.5. The predicted molar refractivity (Wildman–Crippen MR) is 65.8 cm³/mol. The second kappa shape index (κ2) is 5.80. The van der Waals surface area contributed by atoms with Gasteiger partial charge >= 0.3 is 5.97 Å². The number of hydrogen-bond donors (Lipinski definition) is 1. The van der Waals surface area contributed by atoms with Gasteiger partial charge in [-0.1, -0.05) is 30.3 Å². The molecule has 0 saturated heterocycles. The molecule has 1 rings (SSSR count). The normalized spacial score (nSPS) is 14.6. The molecule has 1 aromatic rings. The lowest BCUT2D eigenvalue weighted by Crippen LogP contribution is -2.53. The smallest absolute Gasteiger partial charge is 0.326 e. The van der Waals surface area contributed by atoms with Crippen molar-refractivity contribution in [2.45, 2.75) is 19.0 Å². The molecule has 1 atom stereocenters. The van der Waals surface area contributed by atoms with Crippen LogP contribution in [0.25, 0.3) is 0 Å². The molecular weight excluding hydrogens is 218 g/mol. The molecule has 0 amide bonds. The number of aliphatic carboxylic acids is 1. The first-order valence-corrected chi connectivity index (χ1v) is 5.48. The average Bonchev–Trinajstić information content (AvgIpc) is 2.30. The Hall–Kier alpha value is -1.39. The van der Waals surface area contributed by atoms with Crippen LogP contribution in [0, 0.1) is 0 Å². The zero-order valence-corrected chi connectivity index (χ0v) is 10.5. The standard InChI is InChI=1S/C13H19NO3/c1-13(10-17-3,12(15)16)14(2)9-11-7-5-4-6-8-11/h4-8H,9-10H2,1-3H3,(H,15,16). The zero-order valence-electron chi connectivity index (χ0n) is 10.5. The highest BCUT2D eigenvalue weighted by Gasteiger charge is 2.37. The highest BCUT2D eigenvalue weighted by Crippen LogP contribution is 2.17. The number of carboxylic acids is 1. The summed E-state index contributed by atoms with van der Waals surface area (Å²) in [6.07, 6.45) is 0. The number of carbonyl (C=O) groups is 1. The van der Waals surface area contributed by atoms with Crippen LogP contribution in [0.1, 0.15) is 12.5 Å². The van der Waals surface area contributed by atoms with Crippen LogP contribution < -0.4 is 0 Å². The Morgan fingerprint density at radius 2 is 2.00 bits per heavy atom. The first-order chi connectivity index (χ1) is 8.00. The van der Waals surface area contributed by atoms with Gasteiger partial charge in [0.05, 0.1) is 6.61 Å². The largest absolute Gasteiger partial charge is 0.480 e. The maximum atomic E-state index is 11.3. The van der Waals surface area contributed by atoms with Crippen molar-refractivity contribution in [2.75, 3.05) is 20.8 Å². The molecule has 0 radical (unpaired) electrons. The Morgan fingerprint density at radius 1 is 1.41 bits per heavy atom. The lowest BCUT2D eigenvalue weighted by atomic mass is 10.0. The van der Waals surface area contributed by atoms with Crippen LogP contribution >= 0.6 is 0 Å². The van der Waals surface area contributed by atoms with E-state index >= 15 is 0 Å². The molecule has 1 aromatic carbocycles. The second-order valence-corrected chi connectivity index (χ2v) is 4.35. The lowest BCUT2D eigenvalue weighted by Gasteiger charge is -2.34. The summed E-state index contributed by atoms with van der Waals surface area (Å²) in [4.78, 5) is 13.1. The van der Waals surface area contributed by atoms with Gasteiger partial charge in [0.25, 0.3) is 0 Å². The monoisotopic (exact) mass is 237 g/mol. The van der Waals surface area contributed by atoms with E-state index in [-0.39, 0.29) is 6.61 Å². The van der Waals surface area contributed by atoms with Crippen molar-refractivity contribution in [3.8, 4) is 0 Å². The molecule has 0 aromatic heterocycles. The maximum absolute atomic E-state index is 11.3. The average molecular weight is 237 g/mol. The van der Waals surface area contributed by atoms with Gasteiger partial charge in [0.15, 0.2) is 0 Å². The van der Waals surface area contributed by atoms with Crippen molar-refractivity contribution >= 4 is 5.97 Å². The van der Waals surface area contributed by atoms with Gasteiger partial charge in [-0.15, -0.1) is 0 Å². The number of ether oxygens (including phenoxy) is 1. The SMILES string of the molecule is COCC(C)(C(=O)O)N(C)Cc1ccccc1. The molecule has 0 spiro atoms. The van der Waals surface area contributed by atoms with Crippen molar-refractivity contribution in [1.29, 1.82) is 0 Å². The molecule has 0 saturated carbocycles. The van der Waals surface area contributed by atoms with E-state index in [1.807, 2.05) is 30.3 Å². The molecular formula is C13H19NO3. The summed E-state index contributed by atoms with van der Waals surface area (Å²) >= 11 is 0. The van der Waals surface area contributed by atoms with Gasteiger partial charge in [0, 0.05) is 13.7 Å². The van der Waals surface area contributed by atoms with Crippen molar-refractivity contribution < 1.29 is 14.6 Å². The molecule has 17 heavy (non-hydrogen) atoms. The second-order valence-electron chi connectivity index (χ2n) is 4.35. The summed E-state index contributed by atoms with van der Waals surface area (Å²) in [6.45, 7) is 2.40. The van der Waals surface area contributed by atoms with Crippen LogP contribution in [-0.2, 0) is 16.1 Å². The van der Waals surface area contributed by atoms with Crippen molar-refractivity contribution in [2.24, 2.45) is 0 Å². The first kappa shape index (κ1) is 13.7. The van der Waals surface area contributed by atoms with E-state index < -0.39 is 11.5 Å². The van der Waals surface area contributed by atoms with Crippen LogP contribution in [0.2, 0.25) is 0 Å². The Balaban J connectivity index is 2.79. The van der Waals surface area contributed by atoms with Crippen LogP contribution in [0.15, 0.2) is 30.3 Å². The van der Waals surface area contributed by atoms with E-state index in [0.29, 0.717) is 6.54 Å². The number of likely N-dealkylation sites (N-methyl/N-ethyl adjacent to an activating group) is 1. The van der Waals surface area contributed by atoms with Gasteiger partial charge < -0.3 is 9.84 Å². The number of rotatable bonds is 6. The van der Waals surface area contributed by atoms with E-state index in [9.17, 15) is 9.90 Å². The molecule has 0 bridgehead atoms. The fourth-order valence-corrected chi connectivity index (χ4v) is 1.65. The minimum absolute atomic E-state index is 0.158. The summed E-state index contributed by atoms with van der Waals surface area (Å²) in [5, 5.41) is 9.29. The van der Waals surface area contributed by atoms with Crippen molar-refractivity contribution in [1.82, 2.24) is 4.90 Å². The lowest BCUT2D eigenvalue weighted by molar-refractivity contribution is -0.153. The van der Waals surface area contributed by atoms with E-state index in [1.165, 1.54) is 7.11 Å². The van der Waals surface area contributed by atoms with Crippen LogP contribution in [0.3, 0.4) is 0 Å². The van der Waals surface area contributed by atoms with E-state index in [4.69, 9.17) is 4.74 Å². The van der Waals surface area contributed by atoms with Crippen LogP contribution in [0.5, 0.6) is 0 Å². The number of benzene rings is 1. The number of nitrogens with zero attached hydrogens (tertiary/aromatic N) is 1. The highest BCUT2D eigenvalue weighted by molar-refractivity contribution is 5.78. The van der Waals surface area contributed by atoms with Gasteiger partial charge in [0.1, 0.15) is 5.54 Å². The summed E-state index contributed by atoms with van der Waals surface area (Å²) in [7, 11) is 3.30. The van der Waals surface area contributed by atoms with Gasteiger partial charge in [-0.3, -0.25) is 9.69 Å². The van der Waals surface area contributed by atoms with E-state index in [1.54, 1.807) is 18.9 Å². The van der Waals surface area contributed by atoms with Gasteiger partial charge in [-0.05, 0) is 19.5 Å². The maximum Gasteiger partial charge on any atom is 0.326 e. The molecule has 94 valence electrons. The molecule has 0 fully saturated rings. The number of hydrogen-bond acceptors (Lipinski definition) is 3. The molecule has 1 unspecified atom stereocenters. The molecule has 4 heteroatoms. The number of carboxylic acid groups (broad SMARTS) is 1. The Labute approximate surface area is 102 Å². The molecule has 1 N–H and O–H groups in total. The number of methoxy groups -OCH3 is 1. The quantitative estimate of drug-likeness (QED) is 0.816. The van der Waals surface area contributed by atoms with Crippen LogP contribution in [0.4, 0.5) is 0 Å². The summed E-state index contributed by atoms with van der Waals surface area (Å²) < 4.78 is 5.00. The van der Waals surface area contributed by atoms with E-state index in [0.717, 1.165) is 5.56 Å². The summed E-state index contributed by atoms with van der Waals surface area (Å²) in [6, 6.07) is 9.78. The minimum atomic E-state index is -1.01. The predicted octanol–water partition coefficient (Wildman–Crippen LogP) is 1.61. The zero-order chi connectivity index (χ0) is 12.9. The van der Waals surface area contributed by atoms with Crippen molar-refractivity contribution in [3.05, 3.63) is 35.9 Å². The summed E-state index contributed by atoms with van der Waals surface area (Å²) in [5.74, 6) is -0.877. The van der Waals surface area contributed by atoms with Gasteiger partial charge in [-0.2, -0.15) is 0 Å². The molecule has 4 nitrogen and oxygen atoms in total. The minimum Gasteiger partial charge on any atom is -0.480 e. The molecule has 0 heterocycles. The Bertz CT molecular complexity index is 366. The van der Waals surface area contributed by atoms with Gasteiger partial charge in [0.2, 0.25) is 0 Å². The Morgan fingerprint density at radius 3 is 2.47 bits per heavy atom. The fourth-order valence-electron chi connectivity index (χ4n) is 1.65. The third-order valence-corrected chi connectivity index (χ3v) is 2.99. The third kappa shape index (κ3) is 3.28. The van der Waals surface area contributed by atoms with Crippen molar-refractivity contribution in [3.63, 3.8) is 0 Å². The van der Waals surface area contributed by atoms with E-state index in [2.05, 4.69) is 0 Å². The summed E-state index contributed by atoms with van der Waals surface area (Å²) in [5.41, 5.74) is 0.0727. The Kier molecular flexibility index (Phi) is 4.66. The molecule has 0 aliphatic carbocycles. The third-order valence-electron chi connectivity index (χ3n) is 2.99.